The first-order chi connectivity index (χ1) is 10.4. The van der Waals surface area contributed by atoms with Crippen molar-refractivity contribution in [3.8, 4) is 5.75 Å². The molecule has 0 radical (unpaired) electrons. The Balaban J connectivity index is 1.78. The van der Waals surface area contributed by atoms with Crippen LogP contribution in [0.3, 0.4) is 0 Å². The van der Waals surface area contributed by atoms with Crippen LogP contribution in [0.25, 0.3) is 10.8 Å². The summed E-state index contributed by atoms with van der Waals surface area (Å²) >= 11 is 0. The molecule has 3 heteroatoms. The highest BCUT2D eigenvalue weighted by Crippen LogP contribution is 2.19. The van der Waals surface area contributed by atoms with Crippen LogP contribution >= 0.6 is 0 Å². The van der Waals surface area contributed by atoms with Gasteiger partial charge in [-0.2, -0.15) is 5.10 Å². The Bertz CT molecular complexity index is 781. The van der Waals surface area contributed by atoms with Crippen LogP contribution in [0.1, 0.15) is 5.56 Å². The fourth-order valence-electron chi connectivity index (χ4n) is 2.21. The van der Waals surface area contributed by atoms with Crippen molar-refractivity contribution in [1.82, 2.24) is 0 Å². The number of methoxy groups -OCH3 is 1. The third-order valence-electron chi connectivity index (χ3n) is 3.29. The predicted octanol–water partition coefficient (Wildman–Crippen LogP) is 4.29. The number of nitrogens with zero attached hydrogens (tertiary/aromatic N) is 1. The van der Waals surface area contributed by atoms with Crippen LogP contribution in [-0.4, -0.2) is 13.3 Å². The smallest absolute Gasteiger partial charge is 0.127 e. The van der Waals surface area contributed by atoms with Gasteiger partial charge in [-0.1, -0.05) is 42.5 Å². The molecule has 3 nitrogen and oxygen atoms in total. The second-order valence-electron chi connectivity index (χ2n) is 4.67. The number of hydrazone groups is 1. The average Bonchev–Trinajstić information content (AvgIpc) is 2.55. The molecule has 0 saturated carbocycles. The molecule has 0 bridgehead atoms. The van der Waals surface area contributed by atoms with Crippen LogP contribution in [-0.2, 0) is 0 Å². The SMILES string of the molecule is COc1ccccc1/C=N\Nc1ccc2ccccc2c1. The second-order valence-corrected chi connectivity index (χ2v) is 4.67. The summed E-state index contributed by atoms with van der Waals surface area (Å²) in [6.45, 7) is 0. The van der Waals surface area contributed by atoms with Gasteiger partial charge < -0.3 is 4.74 Å². The molecule has 0 fully saturated rings. The van der Waals surface area contributed by atoms with Gasteiger partial charge in [0.2, 0.25) is 0 Å². The summed E-state index contributed by atoms with van der Waals surface area (Å²) in [4.78, 5) is 0. The quantitative estimate of drug-likeness (QED) is 0.569. The number of anilines is 1. The van der Waals surface area contributed by atoms with Crippen molar-refractivity contribution in [3.63, 3.8) is 0 Å². The van der Waals surface area contributed by atoms with E-state index < -0.39 is 0 Å². The fourth-order valence-corrected chi connectivity index (χ4v) is 2.21. The van der Waals surface area contributed by atoms with Crippen molar-refractivity contribution in [2.75, 3.05) is 12.5 Å². The number of benzene rings is 3. The Morgan fingerprint density at radius 2 is 1.67 bits per heavy atom. The van der Waals surface area contributed by atoms with Crippen LogP contribution in [0.15, 0.2) is 71.8 Å². The van der Waals surface area contributed by atoms with Gasteiger partial charge in [0.25, 0.3) is 0 Å². The number of hydrogen-bond donors (Lipinski definition) is 1. The molecule has 0 saturated heterocycles. The lowest BCUT2D eigenvalue weighted by Crippen LogP contribution is -1.93. The maximum Gasteiger partial charge on any atom is 0.127 e. The van der Waals surface area contributed by atoms with E-state index in [1.807, 2.05) is 42.5 Å². The molecule has 0 amide bonds. The first kappa shape index (κ1) is 13.2. The van der Waals surface area contributed by atoms with Crippen molar-refractivity contribution in [1.29, 1.82) is 0 Å². The van der Waals surface area contributed by atoms with E-state index in [2.05, 4.69) is 34.8 Å². The fraction of sp³-hybridized carbons (Fsp3) is 0.0556. The van der Waals surface area contributed by atoms with Crippen LogP contribution in [0.4, 0.5) is 5.69 Å². The Morgan fingerprint density at radius 3 is 2.52 bits per heavy atom. The average molecular weight is 276 g/mol. The summed E-state index contributed by atoms with van der Waals surface area (Å²) in [7, 11) is 1.66. The number of nitrogens with one attached hydrogen (secondary N) is 1. The van der Waals surface area contributed by atoms with Crippen LogP contribution in [0.2, 0.25) is 0 Å². The molecule has 3 aromatic carbocycles. The zero-order chi connectivity index (χ0) is 14.5. The van der Waals surface area contributed by atoms with E-state index in [-0.39, 0.29) is 0 Å². The van der Waals surface area contributed by atoms with Gasteiger partial charge in [0.1, 0.15) is 5.75 Å². The minimum atomic E-state index is 0.807. The van der Waals surface area contributed by atoms with Gasteiger partial charge in [0, 0.05) is 5.56 Å². The predicted molar refractivity (Wildman–Crippen MR) is 88.2 cm³/mol. The molecule has 0 aliphatic heterocycles. The minimum Gasteiger partial charge on any atom is -0.496 e. The van der Waals surface area contributed by atoms with Crippen molar-refractivity contribution in [3.05, 3.63) is 72.3 Å². The molecule has 0 atom stereocenters. The van der Waals surface area contributed by atoms with E-state index in [9.17, 15) is 0 Å². The lowest BCUT2D eigenvalue weighted by Gasteiger charge is -2.04. The Labute approximate surface area is 123 Å². The van der Waals surface area contributed by atoms with E-state index in [0.717, 1.165) is 17.0 Å². The van der Waals surface area contributed by atoms with Crippen molar-refractivity contribution in [2.45, 2.75) is 0 Å². The lowest BCUT2D eigenvalue weighted by atomic mass is 10.1. The Morgan fingerprint density at radius 1 is 0.905 bits per heavy atom. The largest absolute Gasteiger partial charge is 0.496 e. The maximum absolute atomic E-state index is 5.29. The maximum atomic E-state index is 5.29. The highest BCUT2D eigenvalue weighted by molar-refractivity contribution is 5.86. The molecular weight excluding hydrogens is 260 g/mol. The summed E-state index contributed by atoms with van der Waals surface area (Å²) in [6, 6.07) is 22.2. The summed E-state index contributed by atoms with van der Waals surface area (Å²) < 4.78 is 5.29. The number of ether oxygens (including phenoxy) is 1. The summed E-state index contributed by atoms with van der Waals surface area (Å²) in [5, 5.41) is 6.68. The van der Waals surface area contributed by atoms with Gasteiger partial charge in [-0.15, -0.1) is 0 Å². The second kappa shape index (κ2) is 6.09. The molecule has 21 heavy (non-hydrogen) atoms. The van der Waals surface area contributed by atoms with Gasteiger partial charge in [-0.05, 0) is 35.0 Å². The van der Waals surface area contributed by atoms with E-state index in [1.54, 1.807) is 13.3 Å². The zero-order valence-electron chi connectivity index (χ0n) is 11.8. The molecule has 0 spiro atoms. The third kappa shape index (κ3) is 3.03. The topological polar surface area (TPSA) is 33.6 Å². The molecule has 3 rings (SSSR count). The Kier molecular flexibility index (Phi) is 3.83. The molecule has 3 aromatic rings. The van der Waals surface area contributed by atoms with Gasteiger partial charge in [-0.25, -0.2) is 0 Å². The van der Waals surface area contributed by atoms with Crippen molar-refractivity contribution < 1.29 is 4.74 Å². The molecule has 0 aliphatic rings. The van der Waals surface area contributed by atoms with Crippen LogP contribution in [0.5, 0.6) is 5.75 Å². The highest BCUT2D eigenvalue weighted by Gasteiger charge is 1.98. The van der Waals surface area contributed by atoms with Gasteiger partial charge >= 0.3 is 0 Å². The van der Waals surface area contributed by atoms with E-state index >= 15 is 0 Å². The monoisotopic (exact) mass is 276 g/mol. The number of hydrogen-bond acceptors (Lipinski definition) is 3. The Hall–Kier alpha value is -2.81. The highest BCUT2D eigenvalue weighted by atomic mass is 16.5. The molecule has 0 unspecified atom stereocenters. The van der Waals surface area contributed by atoms with E-state index in [1.165, 1.54) is 10.8 Å². The number of fused-ring (bicyclic) bond motifs is 1. The lowest BCUT2D eigenvalue weighted by molar-refractivity contribution is 0.414. The molecule has 0 aromatic heterocycles. The van der Waals surface area contributed by atoms with Gasteiger partial charge in [0.05, 0.1) is 19.0 Å². The molecule has 0 heterocycles. The first-order valence-electron chi connectivity index (χ1n) is 6.78. The molecule has 0 aliphatic carbocycles. The molecular formula is C18H16N2O. The zero-order valence-corrected chi connectivity index (χ0v) is 11.8. The van der Waals surface area contributed by atoms with E-state index in [4.69, 9.17) is 4.74 Å². The van der Waals surface area contributed by atoms with Crippen LogP contribution < -0.4 is 10.2 Å². The molecule has 104 valence electrons. The number of rotatable bonds is 4. The number of para-hydroxylation sites is 1. The first-order valence-corrected chi connectivity index (χ1v) is 6.78. The third-order valence-corrected chi connectivity index (χ3v) is 3.29. The van der Waals surface area contributed by atoms with Crippen molar-refractivity contribution in [2.24, 2.45) is 5.10 Å². The summed E-state index contributed by atoms with van der Waals surface area (Å²) in [5.74, 6) is 0.807. The van der Waals surface area contributed by atoms with Crippen LogP contribution in [0, 0.1) is 0 Å². The van der Waals surface area contributed by atoms with Crippen molar-refractivity contribution >= 4 is 22.7 Å². The standard InChI is InChI=1S/C18H16N2O/c1-21-18-9-5-4-8-16(18)13-19-20-17-11-10-14-6-2-3-7-15(14)12-17/h2-13,20H,1H3/b19-13-. The summed E-state index contributed by atoms with van der Waals surface area (Å²) in [5.41, 5.74) is 4.95. The minimum absolute atomic E-state index is 0.807. The molecule has 1 N–H and O–H groups in total. The normalized spacial score (nSPS) is 10.9. The summed E-state index contributed by atoms with van der Waals surface area (Å²) in [6.07, 6.45) is 1.76. The van der Waals surface area contributed by atoms with Gasteiger partial charge in [0.15, 0.2) is 0 Å². The van der Waals surface area contributed by atoms with Gasteiger partial charge in [-0.3, -0.25) is 5.43 Å². The van der Waals surface area contributed by atoms with E-state index in [0.29, 0.717) is 0 Å².